The lowest BCUT2D eigenvalue weighted by Crippen LogP contribution is -2.10. The summed E-state index contributed by atoms with van der Waals surface area (Å²) in [5.41, 5.74) is 0.962. The second-order valence-electron chi connectivity index (χ2n) is 3.80. The molecule has 4 nitrogen and oxygen atoms in total. The van der Waals surface area contributed by atoms with E-state index in [2.05, 4.69) is 4.98 Å². The first-order valence-corrected chi connectivity index (χ1v) is 6.47. The Bertz CT molecular complexity index is 578. The van der Waals surface area contributed by atoms with Crippen LogP contribution in [0, 0.1) is 0 Å². The summed E-state index contributed by atoms with van der Waals surface area (Å²) in [5, 5.41) is 0.721. The number of hydrogen-bond donors (Lipinski definition) is 0. The smallest absolute Gasteiger partial charge is 0.273 e. The maximum Gasteiger partial charge on any atom is 0.273 e. The maximum atomic E-state index is 11.2. The van der Waals surface area contributed by atoms with Crippen LogP contribution in [0.3, 0.4) is 0 Å². The molecule has 0 unspecified atom stereocenters. The van der Waals surface area contributed by atoms with Crippen molar-refractivity contribution in [1.82, 2.24) is 9.55 Å². The van der Waals surface area contributed by atoms with Gasteiger partial charge >= 0.3 is 0 Å². The molecule has 0 aliphatic rings. The first-order chi connectivity index (χ1) is 8.69. The Morgan fingerprint density at radius 3 is 2.67 bits per heavy atom. The largest absolute Gasteiger partial charge is 0.497 e. The molecule has 0 spiro atoms. The number of rotatable bonds is 4. The van der Waals surface area contributed by atoms with Gasteiger partial charge in [0.1, 0.15) is 5.75 Å². The second kappa shape index (κ2) is 5.73. The minimum Gasteiger partial charge on any atom is -0.497 e. The third-order valence-electron chi connectivity index (χ3n) is 2.48. The van der Waals surface area contributed by atoms with E-state index in [4.69, 9.17) is 4.74 Å². The van der Waals surface area contributed by atoms with Crippen LogP contribution in [0.15, 0.2) is 46.5 Å². The summed E-state index contributed by atoms with van der Waals surface area (Å²) >= 11 is 1.54. The van der Waals surface area contributed by atoms with E-state index in [1.165, 1.54) is 23.4 Å². The number of nitrogens with zero attached hydrogens (tertiary/aromatic N) is 2. The van der Waals surface area contributed by atoms with Gasteiger partial charge < -0.3 is 9.30 Å². The number of aryl methyl sites for hydroxylation is 1. The highest BCUT2D eigenvalue weighted by molar-refractivity contribution is 7.98. The Labute approximate surface area is 110 Å². The van der Waals surface area contributed by atoms with Crippen LogP contribution in [-0.4, -0.2) is 16.7 Å². The zero-order valence-corrected chi connectivity index (χ0v) is 11.1. The van der Waals surface area contributed by atoms with Gasteiger partial charge in [-0.25, -0.2) is 0 Å². The topological polar surface area (TPSA) is 44.1 Å². The maximum absolute atomic E-state index is 11.2. The standard InChI is InChI=1S/C13H14N2O2S/c1-15-8-7-12(16)14-13(15)18-9-10-3-5-11(17-2)6-4-10/h3-8H,9H2,1-2H3. The molecule has 5 heteroatoms. The van der Waals surface area contributed by atoms with E-state index in [1.807, 2.05) is 35.9 Å². The first-order valence-electron chi connectivity index (χ1n) is 5.48. The molecule has 0 N–H and O–H groups in total. The van der Waals surface area contributed by atoms with Crippen LogP contribution in [0.4, 0.5) is 0 Å². The van der Waals surface area contributed by atoms with Crippen molar-refractivity contribution >= 4 is 11.8 Å². The fourth-order valence-corrected chi connectivity index (χ4v) is 2.36. The molecular formula is C13H14N2O2S. The predicted octanol–water partition coefficient (Wildman–Crippen LogP) is 2.08. The summed E-state index contributed by atoms with van der Waals surface area (Å²) in [7, 11) is 3.52. The molecule has 0 bridgehead atoms. The highest BCUT2D eigenvalue weighted by Gasteiger charge is 2.02. The molecule has 2 rings (SSSR count). The van der Waals surface area contributed by atoms with Crippen LogP contribution in [0.25, 0.3) is 0 Å². The van der Waals surface area contributed by atoms with Crippen molar-refractivity contribution in [2.45, 2.75) is 10.9 Å². The van der Waals surface area contributed by atoms with Crippen LogP contribution < -0.4 is 10.3 Å². The van der Waals surface area contributed by atoms with Crippen LogP contribution in [0.5, 0.6) is 5.75 Å². The van der Waals surface area contributed by atoms with E-state index in [0.717, 1.165) is 16.7 Å². The van der Waals surface area contributed by atoms with E-state index < -0.39 is 0 Å². The summed E-state index contributed by atoms with van der Waals surface area (Å²) in [5.74, 6) is 1.61. The zero-order valence-electron chi connectivity index (χ0n) is 10.3. The Balaban J connectivity index is 2.06. The summed E-state index contributed by atoms with van der Waals surface area (Å²) in [6.07, 6.45) is 1.73. The van der Waals surface area contributed by atoms with Crippen molar-refractivity contribution in [3.8, 4) is 5.75 Å². The molecule has 1 aromatic heterocycles. The van der Waals surface area contributed by atoms with Gasteiger partial charge in [-0.2, -0.15) is 4.98 Å². The number of hydrogen-bond acceptors (Lipinski definition) is 4. The normalized spacial score (nSPS) is 10.3. The van der Waals surface area contributed by atoms with Gasteiger partial charge in [0.15, 0.2) is 5.16 Å². The van der Waals surface area contributed by atoms with Crippen LogP contribution in [0.1, 0.15) is 5.56 Å². The number of methoxy groups -OCH3 is 1. The summed E-state index contributed by atoms with van der Waals surface area (Å²) in [4.78, 5) is 15.2. The van der Waals surface area contributed by atoms with Gasteiger partial charge in [0.05, 0.1) is 7.11 Å². The number of ether oxygens (including phenoxy) is 1. The van der Waals surface area contributed by atoms with Gasteiger partial charge in [-0.15, -0.1) is 0 Å². The SMILES string of the molecule is COc1ccc(CSc2nc(=O)ccn2C)cc1. The van der Waals surface area contributed by atoms with Crippen molar-refractivity contribution in [2.75, 3.05) is 7.11 Å². The first kappa shape index (κ1) is 12.7. The monoisotopic (exact) mass is 262 g/mol. The van der Waals surface area contributed by atoms with E-state index in [-0.39, 0.29) is 5.56 Å². The van der Waals surface area contributed by atoms with Crippen LogP contribution >= 0.6 is 11.8 Å². The van der Waals surface area contributed by atoms with Gasteiger partial charge in [-0.3, -0.25) is 4.79 Å². The molecule has 0 saturated carbocycles. The molecule has 1 aromatic carbocycles. The molecular weight excluding hydrogens is 248 g/mol. The van der Waals surface area contributed by atoms with Gasteiger partial charge in [-0.05, 0) is 17.7 Å². The van der Waals surface area contributed by atoms with E-state index >= 15 is 0 Å². The number of aromatic nitrogens is 2. The lowest BCUT2D eigenvalue weighted by atomic mass is 10.2. The van der Waals surface area contributed by atoms with Gasteiger partial charge in [0.2, 0.25) is 0 Å². The van der Waals surface area contributed by atoms with Crippen molar-refractivity contribution in [1.29, 1.82) is 0 Å². The molecule has 0 radical (unpaired) electrons. The molecule has 0 fully saturated rings. The molecule has 2 aromatic rings. The minimum absolute atomic E-state index is 0.203. The zero-order chi connectivity index (χ0) is 13.0. The quantitative estimate of drug-likeness (QED) is 0.625. The highest BCUT2D eigenvalue weighted by atomic mass is 32.2. The Morgan fingerprint density at radius 2 is 2.00 bits per heavy atom. The fourth-order valence-electron chi connectivity index (χ4n) is 1.45. The lowest BCUT2D eigenvalue weighted by Gasteiger charge is -2.06. The molecule has 1 heterocycles. The van der Waals surface area contributed by atoms with Gasteiger partial charge in [0, 0.05) is 25.1 Å². The second-order valence-corrected chi connectivity index (χ2v) is 4.74. The molecule has 0 saturated heterocycles. The van der Waals surface area contributed by atoms with Crippen molar-refractivity contribution in [3.63, 3.8) is 0 Å². The van der Waals surface area contributed by atoms with Gasteiger partial charge in [0.25, 0.3) is 5.56 Å². The van der Waals surface area contributed by atoms with E-state index in [9.17, 15) is 4.79 Å². The molecule has 0 amide bonds. The molecule has 18 heavy (non-hydrogen) atoms. The third-order valence-corrected chi connectivity index (χ3v) is 3.59. The summed E-state index contributed by atoms with van der Waals surface area (Å²) < 4.78 is 6.95. The van der Waals surface area contributed by atoms with Crippen molar-refractivity contribution in [2.24, 2.45) is 7.05 Å². The highest BCUT2D eigenvalue weighted by Crippen LogP contribution is 2.20. The summed E-state index contributed by atoms with van der Waals surface area (Å²) in [6, 6.07) is 9.32. The minimum atomic E-state index is -0.203. The van der Waals surface area contributed by atoms with E-state index in [1.54, 1.807) is 13.3 Å². The number of benzene rings is 1. The summed E-state index contributed by atoms with van der Waals surface area (Å²) in [6.45, 7) is 0. The van der Waals surface area contributed by atoms with Crippen molar-refractivity contribution < 1.29 is 4.74 Å². The Hall–Kier alpha value is -1.75. The molecule has 0 aliphatic heterocycles. The van der Waals surface area contributed by atoms with Crippen molar-refractivity contribution in [3.05, 3.63) is 52.4 Å². The Kier molecular flexibility index (Phi) is 4.04. The fraction of sp³-hybridized carbons (Fsp3) is 0.231. The predicted molar refractivity (Wildman–Crippen MR) is 72.0 cm³/mol. The van der Waals surface area contributed by atoms with Crippen LogP contribution in [0.2, 0.25) is 0 Å². The van der Waals surface area contributed by atoms with Gasteiger partial charge in [-0.1, -0.05) is 23.9 Å². The molecule has 0 aliphatic carbocycles. The Morgan fingerprint density at radius 1 is 1.28 bits per heavy atom. The molecule has 0 atom stereocenters. The van der Waals surface area contributed by atoms with Crippen LogP contribution in [-0.2, 0) is 12.8 Å². The molecule has 94 valence electrons. The average molecular weight is 262 g/mol. The average Bonchev–Trinajstić information content (AvgIpc) is 2.40. The number of thioether (sulfide) groups is 1. The third kappa shape index (κ3) is 3.13. The van der Waals surface area contributed by atoms with E-state index in [0.29, 0.717) is 0 Å². The lowest BCUT2D eigenvalue weighted by molar-refractivity contribution is 0.414.